The third-order valence-electron chi connectivity index (χ3n) is 4.75. The Bertz CT molecular complexity index is 234. The lowest BCUT2D eigenvalue weighted by Gasteiger charge is -2.36. The maximum absolute atomic E-state index is 5.49. The molecule has 0 aromatic heterocycles. The van der Waals surface area contributed by atoms with Gasteiger partial charge >= 0.3 is 0 Å². The van der Waals surface area contributed by atoms with Crippen molar-refractivity contribution >= 4 is 0 Å². The summed E-state index contributed by atoms with van der Waals surface area (Å²) in [6.07, 6.45) is 6.91. The van der Waals surface area contributed by atoms with Crippen LogP contribution in [0.25, 0.3) is 0 Å². The van der Waals surface area contributed by atoms with Crippen molar-refractivity contribution in [2.45, 2.75) is 38.1 Å². The molecule has 17 heavy (non-hydrogen) atoms. The van der Waals surface area contributed by atoms with Crippen LogP contribution in [-0.4, -0.2) is 50.3 Å². The lowest BCUT2D eigenvalue weighted by atomic mass is 9.89. The molecule has 3 rings (SSSR count). The van der Waals surface area contributed by atoms with Crippen LogP contribution in [0.5, 0.6) is 0 Å². The SMILES string of the molecule is C1CNC(C2CCCN(CC3CCOC3)C2)C1. The zero-order valence-corrected chi connectivity index (χ0v) is 10.9. The van der Waals surface area contributed by atoms with E-state index in [9.17, 15) is 0 Å². The van der Waals surface area contributed by atoms with Gasteiger partial charge in [0, 0.05) is 25.7 Å². The number of nitrogens with one attached hydrogen (secondary N) is 1. The molecule has 3 unspecified atom stereocenters. The van der Waals surface area contributed by atoms with Crippen molar-refractivity contribution < 1.29 is 4.74 Å². The van der Waals surface area contributed by atoms with Crippen LogP contribution in [0.3, 0.4) is 0 Å². The molecule has 3 fully saturated rings. The van der Waals surface area contributed by atoms with Gasteiger partial charge < -0.3 is 15.0 Å². The highest BCUT2D eigenvalue weighted by Crippen LogP contribution is 2.26. The Kier molecular flexibility index (Phi) is 3.99. The maximum Gasteiger partial charge on any atom is 0.0507 e. The van der Waals surface area contributed by atoms with Crippen molar-refractivity contribution in [3.05, 3.63) is 0 Å². The van der Waals surface area contributed by atoms with Crippen molar-refractivity contribution in [2.24, 2.45) is 11.8 Å². The van der Waals surface area contributed by atoms with E-state index < -0.39 is 0 Å². The molecule has 0 bridgehead atoms. The normalized spacial score (nSPS) is 39.9. The summed E-state index contributed by atoms with van der Waals surface area (Å²) < 4.78 is 5.49. The van der Waals surface area contributed by atoms with Gasteiger partial charge in [-0.25, -0.2) is 0 Å². The zero-order chi connectivity index (χ0) is 11.5. The van der Waals surface area contributed by atoms with Gasteiger partial charge in [0.15, 0.2) is 0 Å². The number of nitrogens with zero attached hydrogens (tertiary/aromatic N) is 1. The molecule has 0 aliphatic carbocycles. The van der Waals surface area contributed by atoms with Gasteiger partial charge in [-0.1, -0.05) is 0 Å². The summed E-state index contributed by atoms with van der Waals surface area (Å²) in [6, 6.07) is 0.817. The fourth-order valence-corrected chi connectivity index (χ4v) is 3.79. The first-order chi connectivity index (χ1) is 8.42. The zero-order valence-electron chi connectivity index (χ0n) is 10.9. The highest BCUT2D eigenvalue weighted by molar-refractivity contribution is 4.87. The van der Waals surface area contributed by atoms with E-state index in [1.807, 2.05) is 0 Å². The highest BCUT2D eigenvalue weighted by Gasteiger charge is 2.30. The predicted octanol–water partition coefficient (Wildman–Crippen LogP) is 1.49. The highest BCUT2D eigenvalue weighted by atomic mass is 16.5. The van der Waals surface area contributed by atoms with Gasteiger partial charge in [-0.3, -0.25) is 0 Å². The van der Waals surface area contributed by atoms with Gasteiger partial charge in [0.05, 0.1) is 6.61 Å². The Labute approximate surface area is 105 Å². The van der Waals surface area contributed by atoms with E-state index in [0.29, 0.717) is 0 Å². The second-order valence-corrected chi connectivity index (χ2v) is 6.09. The summed E-state index contributed by atoms with van der Waals surface area (Å²) in [5, 5.41) is 3.69. The number of hydrogen-bond donors (Lipinski definition) is 1. The average Bonchev–Trinajstić information content (AvgIpc) is 3.01. The van der Waals surface area contributed by atoms with Gasteiger partial charge in [-0.15, -0.1) is 0 Å². The summed E-state index contributed by atoms with van der Waals surface area (Å²) in [5.41, 5.74) is 0. The molecular weight excluding hydrogens is 212 g/mol. The minimum Gasteiger partial charge on any atom is -0.381 e. The van der Waals surface area contributed by atoms with Crippen molar-refractivity contribution in [1.29, 1.82) is 0 Å². The minimum absolute atomic E-state index is 0.810. The van der Waals surface area contributed by atoms with Gasteiger partial charge in [-0.05, 0) is 57.0 Å². The second-order valence-electron chi connectivity index (χ2n) is 6.09. The molecule has 98 valence electrons. The summed E-state index contributed by atoms with van der Waals surface area (Å²) in [4.78, 5) is 2.70. The number of piperidine rings is 1. The first-order valence-electron chi connectivity index (χ1n) is 7.45. The predicted molar refractivity (Wildman–Crippen MR) is 69.1 cm³/mol. The van der Waals surface area contributed by atoms with Crippen LogP contribution >= 0.6 is 0 Å². The average molecular weight is 238 g/mol. The molecule has 3 heteroatoms. The Hall–Kier alpha value is -0.120. The molecule has 0 radical (unpaired) electrons. The van der Waals surface area contributed by atoms with E-state index in [2.05, 4.69) is 10.2 Å². The van der Waals surface area contributed by atoms with Gasteiger partial charge in [-0.2, -0.15) is 0 Å². The van der Waals surface area contributed by atoms with Crippen LogP contribution in [0.1, 0.15) is 32.1 Å². The van der Waals surface area contributed by atoms with Crippen LogP contribution < -0.4 is 5.32 Å². The third-order valence-corrected chi connectivity index (χ3v) is 4.75. The number of ether oxygens (including phenoxy) is 1. The van der Waals surface area contributed by atoms with Crippen LogP contribution in [0, 0.1) is 11.8 Å². The van der Waals surface area contributed by atoms with Gasteiger partial charge in [0.2, 0.25) is 0 Å². The fourth-order valence-electron chi connectivity index (χ4n) is 3.79. The largest absolute Gasteiger partial charge is 0.381 e. The van der Waals surface area contributed by atoms with E-state index in [1.165, 1.54) is 58.3 Å². The molecule has 1 N–H and O–H groups in total. The monoisotopic (exact) mass is 238 g/mol. The van der Waals surface area contributed by atoms with Crippen molar-refractivity contribution in [1.82, 2.24) is 10.2 Å². The van der Waals surface area contributed by atoms with Crippen LogP contribution in [0.2, 0.25) is 0 Å². The molecule has 3 atom stereocenters. The molecule has 0 spiro atoms. The van der Waals surface area contributed by atoms with Crippen LogP contribution in [0.15, 0.2) is 0 Å². The summed E-state index contributed by atoms with van der Waals surface area (Å²) >= 11 is 0. The third kappa shape index (κ3) is 3.01. The number of hydrogen-bond acceptors (Lipinski definition) is 3. The Morgan fingerprint density at radius 3 is 2.94 bits per heavy atom. The Morgan fingerprint density at radius 2 is 2.18 bits per heavy atom. The lowest BCUT2D eigenvalue weighted by molar-refractivity contribution is 0.122. The van der Waals surface area contributed by atoms with Gasteiger partial charge in [0.25, 0.3) is 0 Å². The topological polar surface area (TPSA) is 24.5 Å². The molecule has 3 aliphatic heterocycles. The standard InChI is InChI=1S/C14H26N2O/c1-4-14(15-6-1)13-3-2-7-16(10-13)9-12-5-8-17-11-12/h12-15H,1-11H2. The molecule has 3 aliphatic rings. The first-order valence-corrected chi connectivity index (χ1v) is 7.45. The maximum atomic E-state index is 5.49. The molecule has 0 aromatic rings. The number of rotatable bonds is 3. The summed E-state index contributed by atoms with van der Waals surface area (Å²) in [6.45, 7) is 7.17. The molecule has 0 amide bonds. The Balaban J connectivity index is 1.48. The molecular formula is C14H26N2O. The fraction of sp³-hybridized carbons (Fsp3) is 1.00. The molecule has 0 saturated carbocycles. The molecule has 0 aromatic carbocycles. The quantitative estimate of drug-likeness (QED) is 0.806. The van der Waals surface area contributed by atoms with Crippen molar-refractivity contribution in [3.8, 4) is 0 Å². The Morgan fingerprint density at radius 1 is 1.18 bits per heavy atom. The smallest absolute Gasteiger partial charge is 0.0507 e. The summed E-state index contributed by atoms with van der Waals surface area (Å²) in [5.74, 6) is 1.72. The van der Waals surface area contributed by atoms with Crippen molar-refractivity contribution in [3.63, 3.8) is 0 Å². The molecule has 3 saturated heterocycles. The minimum atomic E-state index is 0.810. The number of likely N-dealkylation sites (tertiary alicyclic amines) is 1. The van der Waals surface area contributed by atoms with Crippen LogP contribution in [-0.2, 0) is 4.74 Å². The van der Waals surface area contributed by atoms with E-state index >= 15 is 0 Å². The van der Waals surface area contributed by atoms with E-state index in [4.69, 9.17) is 4.74 Å². The molecule has 3 heterocycles. The summed E-state index contributed by atoms with van der Waals surface area (Å²) in [7, 11) is 0. The van der Waals surface area contributed by atoms with Crippen molar-refractivity contribution in [2.75, 3.05) is 39.4 Å². The molecule has 3 nitrogen and oxygen atoms in total. The second kappa shape index (κ2) is 5.68. The first kappa shape index (κ1) is 11.9. The lowest BCUT2D eigenvalue weighted by Crippen LogP contribution is -2.45. The van der Waals surface area contributed by atoms with E-state index in [1.54, 1.807) is 0 Å². The van der Waals surface area contributed by atoms with E-state index in [-0.39, 0.29) is 0 Å². The van der Waals surface area contributed by atoms with Crippen LogP contribution in [0.4, 0.5) is 0 Å². The van der Waals surface area contributed by atoms with E-state index in [0.717, 1.165) is 31.1 Å². The van der Waals surface area contributed by atoms with Gasteiger partial charge in [0.1, 0.15) is 0 Å².